The number of carbonyl (C=O) groups excluding carboxylic acids is 2. The molecule has 0 saturated carbocycles. The Bertz CT molecular complexity index is 1490. The van der Waals surface area contributed by atoms with Crippen molar-refractivity contribution in [3.05, 3.63) is 98.7 Å². The van der Waals surface area contributed by atoms with Crippen molar-refractivity contribution in [2.75, 3.05) is 18.3 Å². The molecule has 2 amide bonds. The maximum absolute atomic E-state index is 14.1. The number of aliphatic hydroxyl groups excluding tert-OH is 1. The first-order chi connectivity index (χ1) is 19.2. The molecule has 2 aromatic carbocycles. The highest BCUT2D eigenvalue weighted by atomic mass is 19.1. The van der Waals surface area contributed by atoms with Gasteiger partial charge >= 0.3 is 0 Å². The maximum atomic E-state index is 14.1. The van der Waals surface area contributed by atoms with Crippen LogP contribution in [0.3, 0.4) is 0 Å². The number of benzene rings is 2. The Labute approximate surface area is 227 Å². The van der Waals surface area contributed by atoms with Crippen molar-refractivity contribution < 1.29 is 32.6 Å². The number of amides is 2. The zero-order valence-corrected chi connectivity index (χ0v) is 21.6. The lowest BCUT2D eigenvalue weighted by atomic mass is 10.1. The first-order valence-corrected chi connectivity index (χ1v) is 12.8. The zero-order chi connectivity index (χ0) is 28.6. The van der Waals surface area contributed by atoms with Gasteiger partial charge < -0.3 is 20.1 Å². The fourth-order valence-electron chi connectivity index (χ4n) is 4.99. The molecule has 0 spiro atoms. The van der Waals surface area contributed by atoms with Crippen molar-refractivity contribution >= 4 is 11.8 Å². The molecule has 12 heteroatoms. The number of nitrogens with zero attached hydrogens (tertiary/aromatic N) is 3. The molecule has 1 aromatic heterocycles. The first kappa shape index (κ1) is 27.3. The van der Waals surface area contributed by atoms with Crippen LogP contribution >= 0.6 is 0 Å². The summed E-state index contributed by atoms with van der Waals surface area (Å²) in [4.78, 5) is 42.1. The molecule has 2 atom stereocenters. The molecule has 3 aromatic rings. The summed E-state index contributed by atoms with van der Waals surface area (Å²) in [5, 5.41) is 14.1. The van der Waals surface area contributed by atoms with E-state index >= 15 is 0 Å². The number of aliphatic hydroxyl groups is 1. The highest BCUT2D eigenvalue weighted by Gasteiger charge is 2.41. The van der Waals surface area contributed by atoms with Crippen LogP contribution in [0.5, 0.6) is 5.75 Å². The molecule has 2 N–H and O–H groups in total. The second-order valence-electron chi connectivity index (χ2n) is 9.82. The molecule has 1 saturated heterocycles. The summed E-state index contributed by atoms with van der Waals surface area (Å²) >= 11 is 0. The Morgan fingerprint density at radius 1 is 1.10 bits per heavy atom. The normalized spacial score (nSPS) is 18.3. The lowest BCUT2D eigenvalue weighted by Gasteiger charge is -2.42. The van der Waals surface area contributed by atoms with Crippen LogP contribution in [-0.2, 0) is 13.2 Å². The SMILES string of the molecule is C[C@H]1CC[C@@H](CO)N2CN1C(=O)c1c(OCc3ccccc3)c(=O)c(C(=O)NCc3c(F)cc(F)cc3F)cn12. The molecule has 9 nitrogen and oxygen atoms in total. The summed E-state index contributed by atoms with van der Waals surface area (Å²) < 4.78 is 48.8. The second-order valence-corrected chi connectivity index (χ2v) is 9.82. The van der Waals surface area contributed by atoms with E-state index in [1.54, 1.807) is 34.2 Å². The van der Waals surface area contributed by atoms with E-state index in [9.17, 15) is 32.7 Å². The van der Waals surface area contributed by atoms with E-state index in [1.165, 1.54) is 10.9 Å². The number of fused-ring (bicyclic) bond motifs is 4. The Morgan fingerprint density at radius 3 is 2.48 bits per heavy atom. The second kappa shape index (κ2) is 11.0. The van der Waals surface area contributed by atoms with Gasteiger partial charge in [-0.1, -0.05) is 30.3 Å². The molecule has 2 aliphatic heterocycles. The summed E-state index contributed by atoms with van der Waals surface area (Å²) in [6.07, 6.45) is 2.32. The summed E-state index contributed by atoms with van der Waals surface area (Å²) in [5.74, 6) is -5.30. The third-order valence-corrected chi connectivity index (χ3v) is 7.27. The number of carbonyl (C=O) groups is 2. The Morgan fingerprint density at radius 2 is 1.80 bits per heavy atom. The van der Waals surface area contributed by atoms with E-state index in [2.05, 4.69) is 5.32 Å². The molecule has 2 bridgehead atoms. The van der Waals surface area contributed by atoms with E-state index < -0.39 is 58.4 Å². The van der Waals surface area contributed by atoms with Gasteiger partial charge in [-0.3, -0.25) is 24.1 Å². The van der Waals surface area contributed by atoms with Crippen molar-refractivity contribution in [3.8, 4) is 5.75 Å². The van der Waals surface area contributed by atoms with Crippen LogP contribution in [0.2, 0.25) is 0 Å². The average Bonchev–Trinajstić information content (AvgIpc) is 3.07. The lowest BCUT2D eigenvalue weighted by molar-refractivity contribution is 0.0618. The van der Waals surface area contributed by atoms with E-state index in [0.29, 0.717) is 30.5 Å². The largest absolute Gasteiger partial charge is 0.482 e. The molecular weight excluding hydrogens is 529 g/mol. The molecule has 3 heterocycles. The molecule has 1 fully saturated rings. The van der Waals surface area contributed by atoms with Crippen LogP contribution in [0.15, 0.2) is 53.5 Å². The minimum atomic E-state index is -1.19. The van der Waals surface area contributed by atoms with Gasteiger partial charge in [-0.05, 0) is 25.3 Å². The number of hydrogen-bond donors (Lipinski definition) is 2. The summed E-state index contributed by atoms with van der Waals surface area (Å²) in [7, 11) is 0. The number of ether oxygens (including phenoxy) is 1. The van der Waals surface area contributed by atoms with E-state index in [-0.39, 0.29) is 37.4 Å². The number of pyridine rings is 1. The zero-order valence-electron chi connectivity index (χ0n) is 21.6. The highest BCUT2D eigenvalue weighted by molar-refractivity contribution is 5.99. The lowest BCUT2D eigenvalue weighted by Crippen LogP contribution is -2.58. The third-order valence-electron chi connectivity index (χ3n) is 7.27. The van der Waals surface area contributed by atoms with Gasteiger partial charge in [0.1, 0.15) is 36.3 Å². The fourth-order valence-corrected chi connectivity index (χ4v) is 4.99. The minimum absolute atomic E-state index is 0.0770. The predicted octanol–water partition coefficient (Wildman–Crippen LogP) is 2.67. The van der Waals surface area contributed by atoms with Gasteiger partial charge in [0.05, 0.1) is 12.6 Å². The van der Waals surface area contributed by atoms with Crippen LogP contribution in [0.4, 0.5) is 13.2 Å². The maximum Gasteiger partial charge on any atom is 0.278 e. The molecule has 5 rings (SSSR count). The Kier molecular flexibility index (Phi) is 7.53. The smallest absolute Gasteiger partial charge is 0.278 e. The molecule has 0 unspecified atom stereocenters. The fraction of sp³-hybridized carbons (Fsp3) is 0.321. The number of nitrogens with one attached hydrogen (secondary N) is 1. The van der Waals surface area contributed by atoms with Gasteiger partial charge in [0, 0.05) is 36.5 Å². The van der Waals surface area contributed by atoms with Crippen molar-refractivity contribution in [2.24, 2.45) is 0 Å². The first-order valence-electron chi connectivity index (χ1n) is 12.8. The molecule has 2 aliphatic rings. The van der Waals surface area contributed by atoms with Crippen LogP contribution in [0.1, 0.15) is 51.7 Å². The number of rotatable bonds is 7. The summed E-state index contributed by atoms with van der Waals surface area (Å²) in [6.45, 7) is 0.999. The molecule has 210 valence electrons. The standard InChI is InChI=1S/C28H27F3N4O5/c1-16-7-8-19(13-36)35-15-33(16)28(39)24-26(40-14-17-5-3-2-4-6-17)25(37)21(12-34(24)35)27(38)32-11-20-22(30)9-18(29)10-23(20)31/h2-6,9-10,12,16,19,36H,7-8,11,13-15H2,1H3,(H,32,38)/t16-,19-/m0/s1. The van der Waals surface area contributed by atoms with Crippen molar-refractivity contribution in [1.82, 2.24) is 14.9 Å². The van der Waals surface area contributed by atoms with Gasteiger partial charge in [0.25, 0.3) is 11.8 Å². The third kappa shape index (κ3) is 5.02. The van der Waals surface area contributed by atoms with Gasteiger partial charge in [-0.15, -0.1) is 0 Å². The number of halogens is 3. The summed E-state index contributed by atoms with van der Waals surface area (Å²) in [5.41, 5.74) is -1.29. The van der Waals surface area contributed by atoms with Crippen LogP contribution in [0.25, 0.3) is 0 Å². The van der Waals surface area contributed by atoms with Crippen LogP contribution in [-0.4, -0.2) is 51.9 Å². The van der Waals surface area contributed by atoms with Crippen LogP contribution < -0.4 is 20.5 Å². The summed E-state index contributed by atoms with van der Waals surface area (Å²) in [6, 6.07) is 9.27. The van der Waals surface area contributed by atoms with Crippen molar-refractivity contribution in [2.45, 2.75) is 45.0 Å². The average molecular weight is 557 g/mol. The Balaban J connectivity index is 1.58. The molecule has 0 aliphatic carbocycles. The minimum Gasteiger partial charge on any atom is -0.482 e. The predicted molar refractivity (Wildman–Crippen MR) is 138 cm³/mol. The molecule has 0 radical (unpaired) electrons. The number of aromatic nitrogens is 1. The van der Waals surface area contributed by atoms with Gasteiger partial charge in [-0.25, -0.2) is 13.2 Å². The van der Waals surface area contributed by atoms with Gasteiger partial charge in [-0.2, -0.15) is 0 Å². The van der Waals surface area contributed by atoms with E-state index in [0.717, 1.165) is 0 Å². The monoisotopic (exact) mass is 556 g/mol. The topological polar surface area (TPSA) is 104 Å². The molecule has 40 heavy (non-hydrogen) atoms. The van der Waals surface area contributed by atoms with Gasteiger partial charge in [0.2, 0.25) is 5.43 Å². The van der Waals surface area contributed by atoms with Crippen molar-refractivity contribution in [3.63, 3.8) is 0 Å². The van der Waals surface area contributed by atoms with E-state index in [1.807, 2.05) is 13.0 Å². The van der Waals surface area contributed by atoms with Gasteiger partial charge in [0.15, 0.2) is 11.4 Å². The highest BCUT2D eigenvalue weighted by Crippen LogP contribution is 2.30. The Hall–Kier alpha value is -4.32. The molecular formula is C28H27F3N4O5. The number of hydrogen-bond acceptors (Lipinski definition) is 6. The quantitative estimate of drug-likeness (QED) is 0.464. The van der Waals surface area contributed by atoms with E-state index in [4.69, 9.17) is 4.74 Å². The van der Waals surface area contributed by atoms with Crippen LogP contribution in [0, 0.1) is 17.5 Å². The van der Waals surface area contributed by atoms with Crippen molar-refractivity contribution in [1.29, 1.82) is 0 Å².